The van der Waals surface area contributed by atoms with Crippen LogP contribution in [0.2, 0.25) is 0 Å². The van der Waals surface area contributed by atoms with E-state index in [1.807, 2.05) is 21.1 Å². The van der Waals surface area contributed by atoms with Crippen LogP contribution in [0, 0.1) is 0 Å². The molecule has 0 aromatic carbocycles. The van der Waals surface area contributed by atoms with Gasteiger partial charge in [0.15, 0.2) is 12.4 Å². The molecule has 0 bridgehead atoms. The number of carboxylic acid groups (broad SMARTS) is 1. The molecule has 99 heavy (non-hydrogen) atoms. The summed E-state index contributed by atoms with van der Waals surface area (Å²) >= 11 is 0. The summed E-state index contributed by atoms with van der Waals surface area (Å²) in [6.07, 6.45) is 112. The van der Waals surface area contributed by atoms with Crippen LogP contribution in [0.4, 0.5) is 0 Å². The van der Waals surface area contributed by atoms with Gasteiger partial charge >= 0.3 is 11.9 Å². The van der Waals surface area contributed by atoms with E-state index in [0.29, 0.717) is 23.9 Å². The molecule has 0 aliphatic rings. The van der Waals surface area contributed by atoms with Gasteiger partial charge in [0.2, 0.25) is 0 Å². The average molecular weight is 1380 g/mol. The maximum Gasteiger partial charge on any atom is 0.306 e. The number of hydrogen-bond acceptors (Lipinski definition) is 8. The lowest BCUT2D eigenvalue weighted by molar-refractivity contribution is -0.870. The van der Waals surface area contributed by atoms with Gasteiger partial charge in [0.25, 0.3) is 0 Å². The molecule has 9 heteroatoms. The standard InChI is InChI=1S/C90H155NO8/c1-6-8-10-12-14-16-18-20-22-24-26-28-30-32-34-36-38-40-42-43-44-45-47-48-50-52-54-56-58-60-62-64-66-68-70-72-74-76-78-80-87(92)97-84-86(85-98-90(89(94)95)96-83-82-91(3,4)5)99-88(93)81-79-77-75-73-71-69-67-65-63-61-59-57-55-53-51-49-46-41-39-37-35-33-31-29-27-25-23-21-19-17-15-13-11-9-7-2/h8-11,14-17,20-23,26-29,32-35,39,41,86,90H,6-7,12-13,18-19,24-25,30-31,36-38,40,42-85H2,1-5H3/b10-8-,11-9-,16-14-,17-15-,22-20-,23-21-,28-26-,29-27-,34-32-,35-33-,41-39-. The fraction of sp³-hybridized carbons (Fsp3) is 0.722. The molecule has 0 spiro atoms. The van der Waals surface area contributed by atoms with Gasteiger partial charge in [-0.3, -0.25) is 9.59 Å². The second-order valence-corrected chi connectivity index (χ2v) is 28.7. The first kappa shape index (κ1) is 94.4. The summed E-state index contributed by atoms with van der Waals surface area (Å²) < 4.78 is 22.9. The van der Waals surface area contributed by atoms with E-state index in [1.54, 1.807) is 0 Å². The molecule has 0 heterocycles. The molecular weight excluding hydrogens is 1220 g/mol. The fourth-order valence-corrected chi connectivity index (χ4v) is 11.7. The van der Waals surface area contributed by atoms with Crippen molar-refractivity contribution < 1.29 is 42.9 Å². The third kappa shape index (κ3) is 80.6. The van der Waals surface area contributed by atoms with Gasteiger partial charge in [-0.1, -0.05) is 372 Å². The van der Waals surface area contributed by atoms with Crippen LogP contribution in [0.1, 0.15) is 361 Å². The molecule has 568 valence electrons. The summed E-state index contributed by atoms with van der Waals surface area (Å²) in [6, 6.07) is 0. The molecule has 0 aromatic heterocycles. The Bertz CT molecular complexity index is 2100. The molecule has 2 atom stereocenters. The normalized spacial score (nSPS) is 13.3. The topological polar surface area (TPSA) is 111 Å². The van der Waals surface area contributed by atoms with Crippen molar-refractivity contribution in [1.82, 2.24) is 0 Å². The van der Waals surface area contributed by atoms with Gasteiger partial charge in [-0.25, -0.2) is 0 Å². The molecule has 0 aliphatic heterocycles. The van der Waals surface area contributed by atoms with Crippen LogP contribution in [-0.2, 0) is 33.3 Å². The van der Waals surface area contributed by atoms with Crippen LogP contribution in [0.5, 0.6) is 0 Å². The molecule has 2 unspecified atom stereocenters. The Morgan fingerprint density at radius 3 is 0.808 bits per heavy atom. The van der Waals surface area contributed by atoms with Crippen molar-refractivity contribution in [2.45, 2.75) is 373 Å². The lowest BCUT2D eigenvalue weighted by Crippen LogP contribution is -2.44. The van der Waals surface area contributed by atoms with Gasteiger partial charge < -0.3 is 33.3 Å². The van der Waals surface area contributed by atoms with Crippen LogP contribution >= 0.6 is 0 Å². The van der Waals surface area contributed by atoms with E-state index in [0.717, 1.165) is 109 Å². The predicted octanol–water partition coefficient (Wildman–Crippen LogP) is 25.5. The van der Waals surface area contributed by atoms with Crippen molar-refractivity contribution in [3.05, 3.63) is 134 Å². The zero-order valence-electron chi connectivity index (χ0n) is 65.1. The molecule has 0 saturated heterocycles. The minimum absolute atomic E-state index is 0.146. The highest BCUT2D eigenvalue weighted by Crippen LogP contribution is 2.19. The number of nitrogens with zero attached hydrogens (tertiary/aromatic N) is 1. The van der Waals surface area contributed by atoms with Crippen molar-refractivity contribution in [2.75, 3.05) is 47.5 Å². The second kappa shape index (κ2) is 79.1. The number of esters is 2. The largest absolute Gasteiger partial charge is 0.545 e. The quantitative estimate of drug-likeness (QED) is 0.0195. The van der Waals surface area contributed by atoms with E-state index in [-0.39, 0.29) is 32.2 Å². The third-order valence-corrected chi connectivity index (χ3v) is 17.9. The fourth-order valence-electron chi connectivity index (χ4n) is 11.7. The Labute approximate surface area is 611 Å². The molecular formula is C90H155NO8. The molecule has 9 nitrogen and oxygen atoms in total. The predicted molar refractivity (Wildman–Crippen MR) is 426 cm³/mol. The zero-order valence-corrected chi connectivity index (χ0v) is 65.1. The Morgan fingerprint density at radius 2 is 0.545 bits per heavy atom. The highest BCUT2D eigenvalue weighted by atomic mass is 16.7. The monoisotopic (exact) mass is 1380 g/mol. The first-order chi connectivity index (χ1) is 48.6. The third-order valence-electron chi connectivity index (χ3n) is 17.9. The summed E-state index contributed by atoms with van der Waals surface area (Å²) in [6.45, 7) is 4.56. The van der Waals surface area contributed by atoms with Gasteiger partial charge in [-0.15, -0.1) is 0 Å². The van der Waals surface area contributed by atoms with Crippen LogP contribution in [0.3, 0.4) is 0 Å². The highest BCUT2D eigenvalue weighted by Gasteiger charge is 2.22. The first-order valence-corrected chi connectivity index (χ1v) is 41.3. The maximum atomic E-state index is 13.0. The number of rotatable bonds is 76. The van der Waals surface area contributed by atoms with Crippen LogP contribution in [-0.4, -0.2) is 82.3 Å². The van der Waals surface area contributed by atoms with E-state index in [2.05, 4.69) is 148 Å². The van der Waals surface area contributed by atoms with E-state index >= 15 is 0 Å². The van der Waals surface area contributed by atoms with Crippen molar-refractivity contribution >= 4 is 17.9 Å². The first-order valence-electron chi connectivity index (χ1n) is 41.3. The summed E-state index contributed by atoms with van der Waals surface area (Å²) in [5.41, 5.74) is 0. The smallest absolute Gasteiger partial charge is 0.306 e. The van der Waals surface area contributed by atoms with Crippen LogP contribution < -0.4 is 5.11 Å². The Morgan fingerprint density at radius 1 is 0.303 bits per heavy atom. The summed E-state index contributed by atoms with van der Waals surface area (Å²) in [5.74, 6) is -2.27. The van der Waals surface area contributed by atoms with Gasteiger partial charge in [0, 0.05) is 12.8 Å². The molecule has 0 N–H and O–H groups in total. The molecule has 0 saturated carbocycles. The van der Waals surface area contributed by atoms with E-state index < -0.39 is 24.3 Å². The molecule has 0 aromatic rings. The highest BCUT2D eigenvalue weighted by molar-refractivity contribution is 5.70. The number of carbonyl (C=O) groups excluding carboxylic acids is 3. The zero-order chi connectivity index (χ0) is 71.8. The van der Waals surface area contributed by atoms with Gasteiger partial charge in [0.05, 0.1) is 40.3 Å². The van der Waals surface area contributed by atoms with Crippen molar-refractivity contribution in [3.8, 4) is 0 Å². The van der Waals surface area contributed by atoms with E-state index in [4.69, 9.17) is 18.9 Å². The molecule has 0 fully saturated rings. The van der Waals surface area contributed by atoms with E-state index in [9.17, 15) is 19.5 Å². The van der Waals surface area contributed by atoms with Crippen LogP contribution in [0.25, 0.3) is 0 Å². The number of ether oxygens (including phenoxy) is 4. The average Bonchev–Trinajstić information content (AvgIpc) is 1.16. The number of carbonyl (C=O) groups is 3. The van der Waals surface area contributed by atoms with Crippen molar-refractivity contribution in [1.29, 1.82) is 0 Å². The molecule has 0 radical (unpaired) electrons. The molecule has 0 aliphatic carbocycles. The minimum atomic E-state index is -1.63. The number of likely N-dealkylation sites (N-methyl/N-ethyl adjacent to an activating group) is 1. The van der Waals surface area contributed by atoms with Crippen molar-refractivity contribution in [3.63, 3.8) is 0 Å². The maximum absolute atomic E-state index is 13.0. The van der Waals surface area contributed by atoms with Gasteiger partial charge in [-0.2, -0.15) is 0 Å². The second-order valence-electron chi connectivity index (χ2n) is 28.7. The van der Waals surface area contributed by atoms with Gasteiger partial charge in [0.1, 0.15) is 13.2 Å². The number of aliphatic carboxylic acids is 1. The summed E-state index contributed by atoms with van der Waals surface area (Å²) in [4.78, 5) is 37.6. The number of quaternary nitrogens is 1. The summed E-state index contributed by atoms with van der Waals surface area (Å²) in [7, 11) is 5.94. The number of hydrogen-bond donors (Lipinski definition) is 0. The molecule has 0 amide bonds. The summed E-state index contributed by atoms with van der Waals surface area (Å²) in [5, 5.41) is 11.9. The van der Waals surface area contributed by atoms with Gasteiger partial charge in [-0.05, 0) is 109 Å². The lowest BCUT2D eigenvalue weighted by atomic mass is 10.0. The van der Waals surface area contributed by atoms with Crippen LogP contribution in [0.15, 0.2) is 134 Å². The Hall–Kier alpha value is -4.57. The number of carboxylic acids is 1. The molecule has 0 rings (SSSR count). The number of allylic oxidation sites excluding steroid dienone is 22. The minimum Gasteiger partial charge on any atom is -0.545 e. The lowest BCUT2D eigenvalue weighted by Gasteiger charge is -2.26. The van der Waals surface area contributed by atoms with Crippen molar-refractivity contribution in [2.24, 2.45) is 0 Å². The Balaban J connectivity index is 3.99. The SMILES string of the molecule is CC/C=C\C/C=C\C/C=C\C/C=C\C/C=C\C/C=C\CCCCCCCCCCCCCCCCCCC(=O)OC(COC(=O)CCCCCCCCCCCCCCCCCCCCCCCCC/C=C\C/C=C\C/C=C\C/C=C\C/C=C\CC)COC(OCC[N+](C)(C)C)C(=O)[O-]. The van der Waals surface area contributed by atoms with E-state index in [1.165, 1.54) is 218 Å². The Kier molecular flexibility index (Phi) is 75.5. The number of unbranched alkanes of at least 4 members (excludes halogenated alkanes) is 39.